The minimum Gasteiger partial charge on any atom is -0.350 e. The fourth-order valence-electron chi connectivity index (χ4n) is 3.23. The second-order valence-electron chi connectivity index (χ2n) is 6.73. The predicted octanol–water partition coefficient (Wildman–Crippen LogP) is 1.64. The van der Waals surface area contributed by atoms with Crippen LogP contribution < -0.4 is 10.2 Å². The third-order valence-electron chi connectivity index (χ3n) is 4.50. The molecule has 1 N–H and O–H groups in total. The molecular formula is C17H21F3N6O2. The Hall–Kier alpha value is -2.85. The van der Waals surface area contributed by atoms with E-state index in [4.69, 9.17) is 0 Å². The lowest BCUT2D eigenvalue weighted by Crippen LogP contribution is -2.33. The van der Waals surface area contributed by atoms with Gasteiger partial charge in [-0.3, -0.25) is 19.0 Å². The standard InChI is InChI=1S/C17H21F3N6O2/c1-3-26-13(4-11(2)23-26)6-21-16(28)12-5-15(27)25(8-12)14-7-22-24(9-14)10-17(18,19)20/h4,7,9,12H,3,5-6,8,10H2,1-2H3,(H,21,28). The van der Waals surface area contributed by atoms with Crippen LogP contribution >= 0.6 is 0 Å². The van der Waals surface area contributed by atoms with Crippen LogP contribution in [0.4, 0.5) is 18.9 Å². The number of halogens is 3. The predicted molar refractivity (Wildman–Crippen MR) is 93.2 cm³/mol. The summed E-state index contributed by atoms with van der Waals surface area (Å²) < 4.78 is 39.9. The van der Waals surface area contributed by atoms with E-state index in [9.17, 15) is 22.8 Å². The van der Waals surface area contributed by atoms with Crippen molar-refractivity contribution in [2.24, 2.45) is 5.92 Å². The van der Waals surface area contributed by atoms with Gasteiger partial charge in [0, 0.05) is 25.7 Å². The van der Waals surface area contributed by atoms with Crippen molar-refractivity contribution in [2.45, 2.75) is 46.1 Å². The molecule has 0 bridgehead atoms. The summed E-state index contributed by atoms with van der Waals surface area (Å²) in [5.74, 6) is -1.17. The Kier molecular flexibility index (Phi) is 5.43. The molecule has 0 radical (unpaired) electrons. The molecule has 0 aliphatic carbocycles. The van der Waals surface area contributed by atoms with E-state index in [1.165, 1.54) is 11.1 Å². The van der Waals surface area contributed by atoms with E-state index in [0.717, 1.165) is 22.3 Å². The van der Waals surface area contributed by atoms with Gasteiger partial charge in [-0.25, -0.2) is 0 Å². The first-order chi connectivity index (χ1) is 13.2. The van der Waals surface area contributed by atoms with Crippen LogP contribution in [0.2, 0.25) is 0 Å². The summed E-state index contributed by atoms with van der Waals surface area (Å²) in [6, 6.07) is 1.88. The largest absolute Gasteiger partial charge is 0.408 e. The van der Waals surface area contributed by atoms with Crippen molar-refractivity contribution in [1.29, 1.82) is 0 Å². The Labute approximate surface area is 159 Å². The van der Waals surface area contributed by atoms with Gasteiger partial charge in [-0.2, -0.15) is 23.4 Å². The number of carbonyl (C=O) groups excluding carboxylic acids is 2. The third-order valence-corrected chi connectivity index (χ3v) is 4.50. The molecule has 1 atom stereocenters. The number of nitrogens with one attached hydrogen (secondary N) is 1. The number of hydrogen-bond donors (Lipinski definition) is 1. The normalized spacial score (nSPS) is 17.4. The quantitative estimate of drug-likeness (QED) is 0.802. The zero-order valence-electron chi connectivity index (χ0n) is 15.5. The molecule has 0 spiro atoms. The zero-order valence-corrected chi connectivity index (χ0v) is 15.5. The fraction of sp³-hybridized carbons (Fsp3) is 0.529. The maximum absolute atomic E-state index is 12.5. The molecule has 152 valence electrons. The summed E-state index contributed by atoms with van der Waals surface area (Å²) in [6.45, 7) is 3.66. The molecule has 1 aliphatic heterocycles. The van der Waals surface area contributed by atoms with Gasteiger partial charge in [0.25, 0.3) is 0 Å². The summed E-state index contributed by atoms with van der Waals surface area (Å²) in [5, 5.41) is 10.8. The lowest BCUT2D eigenvalue weighted by atomic mass is 10.1. The number of alkyl halides is 3. The van der Waals surface area contributed by atoms with Crippen molar-refractivity contribution < 1.29 is 22.8 Å². The minimum atomic E-state index is -4.40. The molecule has 0 aromatic carbocycles. The highest BCUT2D eigenvalue weighted by Gasteiger charge is 2.36. The van der Waals surface area contributed by atoms with Crippen LogP contribution in [0, 0.1) is 12.8 Å². The van der Waals surface area contributed by atoms with E-state index in [0.29, 0.717) is 13.1 Å². The second-order valence-corrected chi connectivity index (χ2v) is 6.73. The molecular weight excluding hydrogens is 377 g/mol. The van der Waals surface area contributed by atoms with Gasteiger partial charge in [0.2, 0.25) is 11.8 Å². The number of carbonyl (C=O) groups is 2. The lowest BCUT2D eigenvalue weighted by Gasteiger charge is -2.14. The van der Waals surface area contributed by atoms with Gasteiger partial charge < -0.3 is 10.2 Å². The first-order valence-electron chi connectivity index (χ1n) is 8.87. The van der Waals surface area contributed by atoms with Gasteiger partial charge in [0.05, 0.1) is 35.7 Å². The molecule has 2 aromatic rings. The van der Waals surface area contributed by atoms with Gasteiger partial charge in [-0.15, -0.1) is 0 Å². The third kappa shape index (κ3) is 4.52. The number of aromatic nitrogens is 4. The highest BCUT2D eigenvalue weighted by Crippen LogP contribution is 2.26. The van der Waals surface area contributed by atoms with E-state index in [1.807, 2.05) is 19.9 Å². The zero-order chi connectivity index (χ0) is 20.5. The van der Waals surface area contributed by atoms with Crippen LogP contribution in [0.1, 0.15) is 24.7 Å². The molecule has 0 saturated carbocycles. The van der Waals surface area contributed by atoms with E-state index in [-0.39, 0.29) is 30.5 Å². The number of rotatable bonds is 6. The molecule has 8 nitrogen and oxygen atoms in total. The summed E-state index contributed by atoms with van der Waals surface area (Å²) in [7, 11) is 0. The van der Waals surface area contributed by atoms with Crippen molar-refractivity contribution in [3.8, 4) is 0 Å². The Balaban J connectivity index is 1.60. The molecule has 1 aliphatic rings. The molecule has 1 unspecified atom stereocenters. The molecule has 2 amide bonds. The Bertz CT molecular complexity index is 873. The maximum Gasteiger partial charge on any atom is 0.408 e. The topological polar surface area (TPSA) is 85.1 Å². The van der Waals surface area contributed by atoms with Crippen LogP contribution in [-0.2, 0) is 29.2 Å². The number of hydrogen-bond acceptors (Lipinski definition) is 4. The van der Waals surface area contributed by atoms with Gasteiger partial charge in [-0.05, 0) is 19.9 Å². The van der Waals surface area contributed by atoms with Crippen LogP contribution in [0.15, 0.2) is 18.5 Å². The van der Waals surface area contributed by atoms with E-state index in [1.54, 1.807) is 4.68 Å². The van der Waals surface area contributed by atoms with E-state index < -0.39 is 18.6 Å². The van der Waals surface area contributed by atoms with Crippen molar-refractivity contribution in [2.75, 3.05) is 11.4 Å². The van der Waals surface area contributed by atoms with Gasteiger partial charge in [0.15, 0.2) is 0 Å². The van der Waals surface area contributed by atoms with Crippen LogP contribution in [0.25, 0.3) is 0 Å². The van der Waals surface area contributed by atoms with Gasteiger partial charge >= 0.3 is 6.18 Å². The molecule has 11 heteroatoms. The molecule has 28 heavy (non-hydrogen) atoms. The molecule has 1 fully saturated rings. The Morgan fingerprint density at radius 3 is 2.82 bits per heavy atom. The fourth-order valence-corrected chi connectivity index (χ4v) is 3.23. The first kappa shape index (κ1) is 19.9. The molecule has 2 aromatic heterocycles. The van der Waals surface area contributed by atoms with Gasteiger partial charge in [0.1, 0.15) is 6.54 Å². The number of amides is 2. The first-order valence-corrected chi connectivity index (χ1v) is 8.87. The van der Waals surface area contributed by atoms with Crippen LogP contribution in [0.5, 0.6) is 0 Å². The van der Waals surface area contributed by atoms with E-state index in [2.05, 4.69) is 15.5 Å². The van der Waals surface area contributed by atoms with Crippen molar-refractivity contribution in [3.63, 3.8) is 0 Å². The van der Waals surface area contributed by atoms with E-state index >= 15 is 0 Å². The van der Waals surface area contributed by atoms with Gasteiger partial charge in [-0.1, -0.05) is 0 Å². The van der Waals surface area contributed by atoms with Crippen molar-refractivity contribution in [1.82, 2.24) is 24.9 Å². The van der Waals surface area contributed by atoms with Crippen LogP contribution in [-0.4, -0.2) is 44.1 Å². The highest BCUT2D eigenvalue weighted by atomic mass is 19.4. The van der Waals surface area contributed by atoms with Crippen LogP contribution in [0.3, 0.4) is 0 Å². The number of anilines is 1. The molecule has 1 saturated heterocycles. The Morgan fingerprint density at radius 2 is 2.14 bits per heavy atom. The number of nitrogens with zero attached hydrogens (tertiary/aromatic N) is 5. The summed E-state index contributed by atoms with van der Waals surface area (Å²) in [4.78, 5) is 26.0. The van der Waals surface area contributed by atoms with Crippen molar-refractivity contribution in [3.05, 3.63) is 29.8 Å². The average molecular weight is 398 g/mol. The lowest BCUT2D eigenvalue weighted by molar-refractivity contribution is -0.142. The minimum absolute atomic E-state index is 0.00233. The van der Waals surface area contributed by atoms with Crippen molar-refractivity contribution >= 4 is 17.5 Å². The molecule has 3 heterocycles. The Morgan fingerprint density at radius 1 is 1.39 bits per heavy atom. The molecule has 3 rings (SSSR count). The SMILES string of the molecule is CCn1nc(C)cc1CNC(=O)C1CC(=O)N(c2cnn(CC(F)(F)F)c2)C1. The number of aryl methyl sites for hydroxylation is 2. The monoisotopic (exact) mass is 398 g/mol. The second kappa shape index (κ2) is 7.64. The smallest absolute Gasteiger partial charge is 0.350 e. The summed E-state index contributed by atoms with van der Waals surface area (Å²) in [6.07, 6.45) is -2.03. The maximum atomic E-state index is 12.5. The summed E-state index contributed by atoms with van der Waals surface area (Å²) >= 11 is 0. The summed E-state index contributed by atoms with van der Waals surface area (Å²) in [5.41, 5.74) is 1.97. The highest BCUT2D eigenvalue weighted by molar-refractivity contribution is 6.00. The average Bonchev–Trinajstić information content (AvgIpc) is 3.29.